The van der Waals surface area contributed by atoms with E-state index >= 15 is 0 Å². The molecule has 7 nitrogen and oxygen atoms in total. The fourth-order valence-corrected chi connectivity index (χ4v) is 2.24. The predicted molar refractivity (Wildman–Crippen MR) is 81.5 cm³/mol. The van der Waals surface area contributed by atoms with Gasteiger partial charge < -0.3 is 16.2 Å². The first-order valence-corrected chi connectivity index (χ1v) is 6.52. The Kier molecular flexibility index (Phi) is 3.41. The van der Waals surface area contributed by atoms with Crippen molar-refractivity contribution in [1.82, 2.24) is 19.7 Å². The summed E-state index contributed by atoms with van der Waals surface area (Å²) in [5, 5.41) is 5.39. The number of fused-ring (bicyclic) bond motifs is 1. The van der Waals surface area contributed by atoms with Gasteiger partial charge in [0.15, 0.2) is 0 Å². The highest BCUT2D eigenvalue weighted by molar-refractivity contribution is 5.86. The van der Waals surface area contributed by atoms with Crippen molar-refractivity contribution in [2.24, 2.45) is 0 Å². The van der Waals surface area contributed by atoms with Crippen LogP contribution in [-0.4, -0.2) is 33.5 Å². The Labute approximate surface area is 121 Å². The smallest absolute Gasteiger partial charge is 0.221 e. The molecule has 0 fully saturated rings. The Balaban J connectivity index is 2.01. The van der Waals surface area contributed by atoms with Crippen LogP contribution in [0.4, 0.5) is 11.8 Å². The van der Waals surface area contributed by atoms with Crippen LogP contribution in [0.1, 0.15) is 0 Å². The molecule has 4 N–H and O–H groups in total. The van der Waals surface area contributed by atoms with Crippen LogP contribution in [-0.2, 0) is 11.3 Å². The molecule has 0 aliphatic rings. The fourth-order valence-electron chi connectivity index (χ4n) is 2.24. The van der Waals surface area contributed by atoms with Crippen LogP contribution in [0.2, 0.25) is 0 Å². The highest BCUT2D eigenvalue weighted by Crippen LogP contribution is 2.27. The zero-order chi connectivity index (χ0) is 14.8. The van der Waals surface area contributed by atoms with Crippen molar-refractivity contribution in [2.75, 3.05) is 25.2 Å². The van der Waals surface area contributed by atoms with Gasteiger partial charge in [-0.2, -0.15) is 10.1 Å². The molecular formula is C14H16N6O. The standard InChI is InChI=1S/C14H16N6O/c1-21-5-4-20-12-3-2-9(6-10(12)7-18-20)11-8-17-14(16)19-13(11)15/h2-3,6-8H,4-5H2,1H3,(H4,15,16,17,19). The monoisotopic (exact) mass is 284 g/mol. The topological polar surface area (TPSA) is 105 Å². The molecule has 1 aromatic carbocycles. The van der Waals surface area contributed by atoms with Crippen LogP contribution in [0.3, 0.4) is 0 Å². The van der Waals surface area contributed by atoms with Gasteiger partial charge in [0.25, 0.3) is 0 Å². The van der Waals surface area contributed by atoms with Gasteiger partial charge in [0.2, 0.25) is 5.95 Å². The Bertz CT molecular complexity index is 782. The van der Waals surface area contributed by atoms with Crippen LogP contribution in [0.25, 0.3) is 22.0 Å². The van der Waals surface area contributed by atoms with Crippen LogP contribution in [0, 0.1) is 0 Å². The van der Waals surface area contributed by atoms with Crippen molar-refractivity contribution >= 4 is 22.7 Å². The molecule has 3 rings (SSSR count). The van der Waals surface area contributed by atoms with Crippen LogP contribution in [0.5, 0.6) is 0 Å². The molecule has 0 atom stereocenters. The lowest BCUT2D eigenvalue weighted by atomic mass is 10.1. The van der Waals surface area contributed by atoms with E-state index in [0.29, 0.717) is 19.0 Å². The number of hydrogen-bond donors (Lipinski definition) is 2. The van der Waals surface area contributed by atoms with Crippen LogP contribution < -0.4 is 11.5 Å². The summed E-state index contributed by atoms with van der Waals surface area (Å²) in [6, 6.07) is 5.98. The van der Waals surface area contributed by atoms with Crippen molar-refractivity contribution in [1.29, 1.82) is 0 Å². The fraction of sp³-hybridized carbons (Fsp3) is 0.214. The first-order valence-electron chi connectivity index (χ1n) is 6.52. The first-order chi connectivity index (χ1) is 10.2. The van der Waals surface area contributed by atoms with Crippen LogP contribution >= 0.6 is 0 Å². The third-order valence-electron chi connectivity index (χ3n) is 3.30. The molecule has 0 aliphatic heterocycles. The molecule has 0 amide bonds. The molecule has 7 heteroatoms. The molecule has 0 unspecified atom stereocenters. The summed E-state index contributed by atoms with van der Waals surface area (Å²) in [6.07, 6.45) is 3.46. The van der Waals surface area contributed by atoms with Crippen molar-refractivity contribution < 1.29 is 4.74 Å². The first kappa shape index (κ1) is 13.3. The predicted octanol–water partition coefficient (Wildman–Crippen LogP) is 1.30. The molecule has 0 aliphatic carbocycles. The van der Waals surface area contributed by atoms with E-state index in [2.05, 4.69) is 15.1 Å². The van der Waals surface area contributed by atoms with Crippen LogP contribution in [0.15, 0.2) is 30.6 Å². The Morgan fingerprint density at radius 3 is 2.86 bits per heavy atom. The molecular weight excluding hydrogens is 268 g/mol. The minimum atomic E-state index is 0.171. The largest absolute Gasteiger partial charge is 0.383 e. The van der Waals surface area contributed by atoms with E-state index in [9.17, 15) is 0 Å². The number of nitrogen functional groups attached to an aromatic ring is 2. The van der Waals surface area contributed by atoms with Gasteiger partial charge in [0.05, 0.1) is 24.9 Å². The molecule has 21 heavy (non-hydrogen) atoms. The normalized spacial score (nSPS) is 11.1. The number of anilines is 2. The molecule has 108 valence electrons. The minimum Gasteiger partial charge on any atom is -0.383 e. The number of hydrogen-bond acceptors (Lipinski definition) is 6. The van der Waals surface area contributed by atoms with Gasteiger partial charge in [-0.15, -0.1) is 0 Å². The number of aromatic nitrogens is 4. The maximum Gasteiger partial charge on any atom is 0.221 e. The summed E-state index contributed by atoms with van der Waals surface area (Å²) in [6.45, 7) is 1.34. The second-order valence-electron chi connectivity index (χ2n) is 4.66. The molecule has 0 saturated heterocycles. The van der Waals surface area contributed by atoms with Gasteiger partial charge >= 0.3 is 0 Å². The zero-order valence-corrected chi connectivity index (χ0v) is 11.7. The van der Waals surface area contributed by atoms with Crippen molar-refractivity contribution in [3.8, 4) is 11.1 Å². The van der Waals surface area contributed by atoms with Crippen molar-refractivity contribution in [3.63, 3.8) is 0 Å². The maximum atomic E-state index is 5.90. The summed E-state index contributed by atoms with van der Waals surface area (Å²) in [5.41, 5.74) is 14.2. The van der Waals surface area contributed by atoms with Crippen molar-refractivity contribution in [3.05, 3.63) is 30.6 Å². The molecule has 3 aromatic rings. The zero-order valence-electron chi connectivity index (χ0n) is 11.7. The number of rotatable bonds is 4. The average Bonchev–Trinajstić information content (AvgIpc) is 2.87. The Morgan fingerprint density at radius 1 is 1.24 bits per heavy atom. The second kappa shape index (κ2) is 5.37. The summed E-state index contributed by atoms with van der Waals surface area (Å²) in [4.78, 5) is 7.97. The number of benzene rings is 1. The SMILES string of the molecule is COCCn1ncc2cc(-c3cnc(N)nc3N)ccc21. The Hall–Kier alpha value is -2.67. The number of nitrogens with two attached hydrogens (primary N) is 2. The molecule has 0 radical (unpaired) electrons. The van der Waals surface area contributed by atoms with Gasteiger partial charge in [-0.1, -0.05) is 6.07 Å². The van der Waals surface area contributed by atoms with Gasteiger partial charge in [0, 0.05) is 24.3 Å². The summed E-state index contributed by atoms with van der Waals surface area (Å²) < 4.78 is 6.99. The van der Waals surface area contributed by atoms with E-state index < -0.39 is 0 Å². The van der Waals surface area contributed by atoms with E-state index in [1.807, 2.05) is 29.1 Å². The lowest BCUT2D eigenvalue weighted by molar-refractivity contribution is 0.185. The molecule has 0 bridgehead atoms. The molecule has 0 spiro atoms. The lowest BCUT2D eigenvalue weighted by Gasteiger charge is -2.06. The average molecular weight is 284 g/mol. The van der Waals surface area contributed by atoms with E-state index in [1.165, 1.54) is 0 Å². The third kappa shape index (κ3) is 2.50. The molecule has 2 heterocycles. The van der Waals surface area contributed by atoms with E-state index in [1.54, 1.807) is 13.3 Å². The summed E-state index contributed by atoms with van der Waals surface area (Å²) >= 11 is 0. The quantitative estimate of drug-likeness (QED) is 0.748. The number of methoxy groups -OCH3 is 1. The summed E-state index contributed by atoms with van der Waals surface area (Å²) in [7, 11) is 1.67. The van der Waals surface area contributed by atoms with Gasteiger partial charge in [-0.25, -0.2) is 4.98 Å². The number of ether oxygens (including phenoxy) is 1. The summed E-state index contributed by atoms with van der Waals surface area (Å²) in [5.74, 6) is 0.540. The second-order valence-corrected chi connectivity index (χ2v) is 4.66. The van der Waals surface area contributed by atoms with E-state index in [4.69, 9.17) is 16.2 Å². The third-order valence-corrected chi connectivity index (χ3v) is 3.30. The highest BCUT2D eigenvalue weighted by Gasteiger charge is 2.08. The van der Waals surface area contributed by atoms with Crippen molar-refractivity contribution in [2.45, 2.75) is 6.54 Å². The Morgan fingerprint density at radius 2 is 2.10 bits per heavy atom. The molecule has 2 aromatic heterocycles. The van der Waals surface area contributed by atoms with E-state index in [-0.39, 0.29) is 5.95 Å². The molecule has 0 saturated carbocycles. The van der Waals surface area contributed by atoms with Gasteiger partial charge in [0.1, 0.15) is 5.82 Å². The maximum absolute atomic E-state index is 5.90. The van der Waals surface area contributed by atoms with E-state index in [0.717, 1.165) is 22.0 Å². The van der Waals surface area contributed by atoms with Gasteiger partial charge in [-0.3, -0.25) is 4.68 Å². The van der Waals surface area contributed by atoms with Gasteiger partial charge in [-0.05, 0) is 17.7 Å². The minimum absolute atomic E-state index is 0.171. The number of nitrogens with zero attached hydrogens (tertiary/aromatic N) is 4. The lowest BCUT2D eigenvalue weighted by Crippen LogP contribution is -2.05. The highest BCUT2D eigenvalue weighted by atomic mass is 16.5.